The van der Waals surface area contributed by atoms with E-state index in [4.69, 9.17) is 4.74 Å². The average Bonchev–Trinajstić information content (AvgIpc) is 2.54. The number of piperidine rings is 1. The number of nitrogens with zero attached hydrogens (tertiary/aromatic N) is 1. The number of ketones is 1. The highest BCUT2D eigenvalue weighted by atomic mass is 16.5. The highest BCUT2D eigenvalue weighted by molar-refractivity contribution is 5.83. The van der Waals surface area contributed by atoms with Crippen LogP contribution in [0, 0.1) is 5.41 Å². The third-order valence-electron chi connectivity index (χ3n) is 5.45. The number of unbranched alkanes of at least 4 members (excludes halogenated alkanes) is 7. The molecule has 0 bridgehead atoms. The molecule has 1 rings (SSSR count). The highest BCUT2D eigenvalue weighted by Crippen LogP contribution is 2.21. The van der Waals surface area contributed by atoms with Gasteiger partial charge in [-0.2, -0.15) is 0 Å². The summed E-state index contributed by atoms with van der Waals surface area (Å²) >= 11 is 0. The van der Waals surface area contributed by atoms with E-state index in [0.29, 0.717) is 11.9 Å². The molecule has 3 heteroatoms. The summed E-state index contributed by atoms with van der Waals surface area (Å²) in [5, 5.41) is 0. The Morgan fingerprint density at radius 1 is 0.889 bits per heavy atom. The highest BCUT2D eigenvalue weighted by Gasteiger charge is 2.24. The molecule has 1 aliphatic rings. The van der Waals surface area contributed by atoms with Gasteiger partial charge in [-0.3, -0.25) is 4.79 Å². The molecular weight excluding hydrogens is 334 g/mol. The third-order valence-corrected chi connectivity index (χ3v) is 5.45. The van der Waals surface area contributed by atoms with E-state index in [1.165, 1.54) is 70.9 Å². The number of ether oxygens (including phenoxy) is 1. The smallest absolute Gasteiger partial charge is 0.138 e. The fourth-order valence-corrected chi connectivity index (χ4v) is 3.87. The van der Waals surface area contributed by atoms with Crippen LogP contribution in [0.25, 0.3) is 0 Å². The van der Waals surface area contributed by atoms with Crippen LogP contribution in [0.3, 0.4) is 0 Å². The normalized spacial score (nSPS) is 19.4. The van der Waals surface area contributed by atoms with E-state index < -0.39 is 0 Å². The number of likely N-dealkylation sites (tertiary alicyclic amines) is 1. The summed E-state index contributed by atoms with van der Waals surface area (Å²) in [7, 11) is 0. The summed E-state index contributed by atoms with van der Waals surface area (Å²) < 4.78 is 6.17. The van der Waals surface area contributed by atoms with Gasteiger partial charge in [-0.15, -0.1) is 0 Å². The second kappa shape index (κ2) is 12.2. The molecule has 0 aromatic heterocycles. The Hall–Kier alpha value is -0.410. The number of Topliss-reactive ketones (excluding diaryl/α,β-unsaturated/α-hetero) is 1. The molecule has 1 atom stereocenters. The standard InChI is InChI=1S/C24H47NO2/c1-23(2,3)22(26)17-13-11-9-7-8-10-12-14-18-25-19-15-16-21(20-25)27-24(4,5)6/h21H,7-20H2,1-6H3. The lowest BCUT2D eigenvalue weighted by Gasteiger charge is -2.36. The van der Waals surface area contributed by atoms with Crippen molar-refractivity contribution in [1.82, 2.24) is 4.90 Å². The molecule has 0 aromatic rings. The van der Waals surface area contributed by atoms with Crippen LogP contribution in [0.4, 0.5) is 0 Å². The van der Waals surface area contributed by atoms with Crippen molar-refractivity contribution < 1.29 is 9.53 Å². The largest absolute Gasteiger partial charge is 0.371 e. The van der Waals surface area contributed by atoms with Crippen LogP contribution in [0.2, 0.25) is 0 Å². The summed E-state index contributed by atoms with van der Waals surface area (Å²) in [6.45, 7) is 16.2. The first kappa shape index (κ1) is 24.6. The van der Waals surface area contributed by atoms with Crippen molar-refractivity contribution in [2.24, 2.45) is 5.41 Å². The van der Waals surface area contributed by atoms with Crippen LogP contribution < -0.4 is 0 Å². The Labute approximate surface area is 169 Å². The van der Waals surface area contributed by atoms with Gasteiger partial charge in [0.25, 0.3) is 0 Å². The maximum atomic E-state index is 11.9. The molecule has 1 fully saturated rings. The van der Waals surface area contributed by atoms with Crippen molar-refractivity contribution in [1.29, 1.82) is 0 Å². The molecule has 3 nitrogen and oxygen atoms in total. The van der Waals surface area contributed by atoms with Gasteiger partial charge in [0, 0.05) is 18.4 Å². The predicted octanol–water partition coefficient (Wildman–Crippen LogP) is 6.39. The van der Waals surface area contributed by atoms with E-state index >= 15 is 0 Å². The molecule has 0 aromatic carbocycles. The summed E-state index contributed by atoms with van der Waals surface area (Å²) in [6.07, 6.45) is 14.0. The molecule has 0 amide bonds. The van der Waals surface area contributed by atoms with Crippen LogP contribution in [-0.2, 0) is 9.53 Å². The number of hydrogen-bond donors (Lipinski definition) is 0. The summed E-state index contributed by atoms with van der Waals surface area (Å²) in [6, 6.07) is 0. The maximum Gasteiger partial charge on any atom is 0.138 e. The van der Waals surface area contributed by atoms with Gasteiger partial charge in [0.05, 0.1) is 11.7 Å². The van der Waals surface area contributed by atoms with Crippen molar-refractivity contribution in [3.63, 3.8) is 0 Å². The summed E-state index contributed by atoms with van der Waals surface area (Å²) in [5.74, 6) is 0.412. The average molecular weight is 382 g/mol. The Morgan fingerprint density at radius 2 is 1.44 bits per heavy atom. The SMILES string of the molecule is CC(C)(C)OC1CCCN(CCCCCCCCCCC(=O)C(C)(C)C)C1. The number of hydrogen-bond acceptors (Lipinski definition) is 3. The lowest BCUT2D eigenvalue weighted by atomic mass is 9.88. The fourth-order valence-electron chi connectivity index (χ4n) is 3.87. The van der Waals surface area contributed by atoms with Crippen molar-refractivity contribution >= 4 is 5.78 Å². The van der Waals surface area contributed by atoms with Gasteiger partial charge in [0.1, 0.15) is 5.78 Å². The zero-order valence-corrected chi connectivity index (χ0v) is 19.2. The van der Waals surface area contributed by atoms with Crippen LogP contribution in [0.15, 0.2) is 0 Å². The molecule has 160 valence electrons. The lowest BCUT2D eigenvalue weighted by molar-refractivity contribution is -0.126. The summed E-state index contributed by atoms with van der Waals surface area (Å²) in [5.41, 5.74) is -0.180. The number of carbonyl (C=O) groups excluding carboxylic acids is 1. The van der Waals surface area contributed by atoms with E-state index in [9.17, 15) is 4.79 Å². The summed E-state index contributed by atoms with van der Waals surface area (Å²) in [4.78, 5) is 14.5. The molecular formula is C24H47NO2. The van der Waals surface area contributed by atoms with Gasteiger partial charge in [-0.25, -0.2) is 0 Å². The minimum Gasteiger partial charge on any atom is -0.371 e. The second-order valence-electron chi connectivity index (χ2n) is 10.5. The quantitative estimate of drug-likeness (QED) is 0.367. The van der Waals surface area contributed by atoms with Crippen molar-refractivity contribution in [2.75, 3.05) is 19.6 Å². The number of rotatable bonds is 12. The van der Waals surface area contributed by atoms with Gasteiger partial charge in [0.15, 0.2) is 0 Å². The van der Waals surface area contributed by atoms with Crippen molar-refractivity contribution in [3.05, 3.63) is 0 Å². The van der Waals surface area contributed by atoms with Crippen molar-refractivity contribution in [3.8, 4) is 0 Å². The second-order valence-corrected chi connectivity index (χ2v) is 10.5. The first-order chi connectivity index (χ1) is 12.6. The molecule has 1 saturated heterocycles. The van der Waals surface area contributed by atoms with Gasteiger partial charge < -0.3 is 9.64 Å². The van der Waals surface area contributed by atoms with Gasteiger partial charge >= 0.3 is 0 Å². The maximum absolute atomic E-state index is 11.9. The molecule has 1 aliphatic heterocycles. The van der Waals surface area contributed by atoms with E-state index in [1.807, 2.05) is 20.8 Å². The molecule has 0 N–H and O–H groups in total. The minimum atomic E-state index is -0.159. The topological polar surface area (TPSA) is 29.5 Å². The monoisotopic (exact) mass is 381 g/mol. The minimum absolute atomic E-state index is 0.0201. The van der Waals surface area contributed by atoms with E-state index in [0.717, 1.165) is 19.4 Å². The molecule has 1 heterocycles. The van der Waals surface area contributed by atoms with Crippen LogP contribution in [0.5, 0.6) is 0 Å². The molecule has 0 aliphatic carbocycles. The zero-order valence-electron chi connectivity index (χ0n) is 19.2. The van der Waals surface area contributed by atoms with Crippen LogP contribution in [0.1, 0.15) is 112 Å². The molecule has 0 spiro atoms. The molecule has 0 radical (unpaired) electrons. The first-order valence-electron chi connectivity index (χ1n) is 11.5. The van der Waals surface area contributed by atoms with Gasteiger partial charge in [-0.05, 0) is 59.5 Å². The predicted molar refractivity (Wildman–Crippen MR) is 116 cm³/mol. The Balaban J connectivity index is 1.95. The van der Waals surface area contributed by atoms with Crippen LogP contribution in [-0.4, -0.2) is 42.0 Å². The Kier molecular flexibility index (Phi) is 11.1. The number of carbonyl (C=O) groups is 1. The zero-order chi connectivity index (χ0) is 20.3. The molecule has 1 unspecified atom stereocenters. The van der Waals surface area contributed by atoms with E-state index in [-0.39, 0.29) is 11.0 Å². The molecule has 27 heavy (non-hydrogen) atoms. The molecule has 0 saturated carbocycles. The van der Waals surface area contributed by atoms with Crippen molar-refractivity contribution in [2.45, 2.75) is 124 Å². The fraction of sp³-hybridized carbons (Fsp3) is 0.958. The van der Waals surface area contributed by atoms with Crippen LogP contribution >= 0.6 is 0 Å². The third kappa shape index (κ3) is 12.6. The Morgan fingerprint density at radius 3 is 2.00 bits per heavy atom. The first-order valence-corrected chi connectivity index (χ1v) is 11.5. The van der Waals surface area contributed by atoms with E-state index in [1.54, 1.807) is 0 Å². The Bertz CT molecular complexity index is 406. The van der Waals surface area contributed by atoms with E-state index in [2.05, 4.69) is 25.7 Å². The van der Waals surface area contributed by atoms with Gasteiger partial charge in [-0.1, -0.05) is 59.3 Å². The lowest BCUT2D eigenvalue weighted by Crippen LogP contribution is -2.43. The van der Waals surface area contributed by atoms with Gasteiger partial charge in [0.2, 0.25) is 0 Å².